The summed E-state index contributed by atoms with van der Waals surface area (Å²) >= 11 is 0. The summed E-state index contributed by atoms with van der Waals surface area (Å²) in [4.78, 5) is 4.07. The molecule has 27 heavy (non-hydrogen) atoms. The van der Waals surface area contributed by atoms with Gasteiger partial charge < -0.3 is 9.84 Å². The van der Waals surface area contributed by atoms with Crippen LogP contribution in [-0.2, 0) is 10.1 Å². The smallest absolute Gasteiger partial charge is 0.294 e. The summed E-state index contributed by atoms with van der Waals surface area (Å²) in [7, 11) is -4.03. The highest BCUT2D eigenvalue weighted by Crippen LogP contribution is 2.14. The molecular weight excluding hydrogens is 366 g/mol. The number of hydrogen-bond acceptors (Lipinski definition) is 5. The molecule has 0 amide bonds. The number of ether oxygens (including phenoxy) is 1. The normalized spacial score (nSPS) is 12.6. The summed E-state index contributed by atoms with van der Waals surface area (Å²) < 4.78 is 35.4. The predicted molar refractivity (Wildman–Crippen MR) is 106 cm³/mol. The van der Waals surface area contributed by atoms with E-state index < -0.39 is 10.1 Å². The SMILES string of the molecule is CC(C)Oc1cncc(C=CC[C@@H](C)O)c1.Cc1ccccc1S(=O)(=O)O. The lowest BCUT2D eigenvalue weighted by molar-refractivity contribution is 0.199. The van der Waals surface area contributed by atoms with Gasteiger partial charge in [-0.25, -0.2) is 0 Å². The van der Waals surface area contributed by atoms with E-state index in [9.17, 15) is 8.42 Å². The van der Waals surface area contributed by atoms with Crippen molar-refractivity contribution in [2.24, 2.45) is 0 Å². The van der Waals surface area contributed by atoms with Crippen molar-refractivity contribution in [3.63, 3.8) is 0 Å². The quantitative estimate of drug-likeness (QED) is 0.723. The van der Waals surface area contributed by atoms with E-state index in [2.05, 4.69) is 4.98 Å². The molecule has 0 fully saturated rings. The number of aromatic nitrogens is 1. The van der Waals surface area contributed by atoms with Crippen LogP contribution < -0.4 is 4.74 Å². The van der Waals surface area contributed by atoms with E-state index in [4.69, 9.17) is 14.4 Å². The summed E-state index contributed by atoms with van der Waals surface area (Å²) in [5, 5.41) is 9.11. The van der Waals surface area contributed by atoms with Crippen molar-refractivity contribution in [2.75, 3.05) is 0 Å². The van der Waals surface area contributed by atoms with Crippen LogP contribution in [0.2, 0.25) is 0 Å². The van der Waals surface area contributed by atoms with Gasteiger partial charge in [0, 0.05) is 6.20 Å². The van der Waals surface area contributed by atoms with Gasteiger partial charge in [-0.2, -0.15) is 8.42 Å². The molecule has 1 aromatic heterocycles. The zero-order chi connectivity index (χ0) is 20.4. The fourth-order valence-electron chi connectivity index (χ4n) is 2.11. The molecule has 2 rings (SSSR count). The van der Waals surface area contributed by atoms with E-state index in [1.807, 2.05) is 32.1 Å². The molecule has 1 heterocycles. The average molecular weight is 394 g/mol. The molecule has 0 spiro atoms. The largest absolute Gasteiger partial charge is 0.489 e. The molecule has 2 N–H and O–H groups in total. The van der Waals surface area contributed by atoms with Crippen LogP contribution in [0.3, 0.4) is 0 Å². The second-order valence-corrected chi connectivity index (χ2v) is 7.74. The second-order valence-electron chi connectivity index (χ2n) is 6.35. The van der Waals surface area contributed by atoms with E-state index >= 15 is 0 Å². The van der Waals surface area contributed by atoms with Gasteiger partial charge in [0.15, 0.2) is 0 Å². The first kappa shape index (κ1) is 22.8. The van der Waals surface area contributed by atoms with Crippen LogP contribution in [0.5, 0.6) is 5.75 Å². The third kappa shape index (κ3) is 9.33. The Balaban J connectivity index is 0.000000289. The van der Waals surface area contributed by atoms with Crippen molar-refractivity contribution in [1.29, 1.82) is 0 Å². The maximum Gasteiger partial charge on any atom is 0.294 e. The number of hydrogen-bond donors (Lipinski definition) is 2. The number of rotatable bonds is 6. The Morgan fingerprint density at radius 1 is 1.19 bits per heavy atom. The lowest BCUT2D eigenvalue weighted by atomic mass is 10.2. The van der Waals surface area contributed by atoms with Crippen molar-refractivity contribution in [3.05, 3.63) is 59.9 Å². The van der Waals surface area contributed by atoms with Crippen LogP contribution in [0.25, 0.3) is 6.08 Å². The molecule has 0 saturated heterocycles. The van der Waals surface area contributed by atoms with Crippen molar-refractivity contribution >= 4 is 16.2 Å². The maximum absolute atomic E-state index is 10.6. The van der Waals surface area contributed by atoms with Gasteiger partial charge in [0.05, 0.1) is 23.3 Å². The van der Waals surface area contributed by atoms with Crippen LogP contribution in [0, 0.1) is 6.92 Å². The highest BCUT2D eigenvalue weighted by atomic mass is 32.2. The fraction of sp³-hybridized carbons (Fsp3) is 0.350. The van der Waals surface area contributed by atoms with Gasteiger partial charge in [0.25, 0.3) is 10.1 Å². The first-order chi connectivity index (χ1) is 12.6. The summed E-state index contributed by atoms with van der Waals surface area (Å²) in [5.74, 6) is 0.772. The van der Waals surface area contributed by atoms with E-state index in [-0.39, 0.29) is 17.1 Å². The van der Waals surface area contributed by atoms with Crippen molar-refractivity contribution in [3.8, 4) is 5.75 Å². The minimum Gasteiger partial charge on any atom is -0.489 e. The van der Waals surface area contributed by atoms with Crippen molar-refractivity contribution in [2.45, 2.75) is 51.2 Å². The monoisotopic (exact) mass is 393 g/mol. The van der Waals surface area contributed by atoms with Crippen molar-refractivity contribution < 1.29 is 22.8 Å². The van der Waals surface area contributed by atoms with E-state index in [1.54, 1.807) is 44.4 Å². The minimum absolute atomic E-state index is 0.0278. The fourth-order valence-corrected chi connectivity index (χ4v) is 2.84. The van der Waals surface area contributed by atoms with Gasteiger partial charge in [0.1, 0.15) is 5.75 Å². The Bertz CT molecular complexity index is 845. The molecule has 0 saturated carbocycles. The number of pyridine rings is 1. The third-order valence-electron chi connectivity index (χ3n) is 3.27. The van der Waals surface area contributed by atoms with Crippen molar-refractivity contribution in [1.82, 2.24) is 4.98 Å². The van der Waals surface area contributed by atoms with Crippen LogP contribution >= 0.6 is 0 Å². The Morgan fingerprint density at radius 2 is 1.85 bits per heavy atom. The van der Waals surface area contributed by atoms with Gasteiger partial charge in [-0.3, -0.25) is 9.54 Å². The van der Waals surface area contributed by atoms with Gasteiger partial charge in [-0.15, -0.1) is 0 Å². The molecule has 0 bridgehead atoms. The zero-order valence-corrected chi connectivity index (χ0v) is 16.8. The molecule has 0 radical (unpaired) electrons. The average Bonchev–Trinajstić information content (AvgIpc) is 2.54. The standard InChI is InChI=1S/C13H19NO2.C7H8O3S/c1-10(2)16-13-7-12(8-14-9-13)6-4-5-11(3)15;1-6-4-2-3-5-7(6)11(8,9)10/h4,6-11,15H,5H2,1-3H3;2-5H,1H3,(H,8,9,10)/t11-;/m1./s1. The molecule has 148 valence electrons. The summed E-state index contributed by atoms with van der Waals surface area (Å²) in [6, 6.07) is 8.21. The molecule has 6 nitrogen and oxygen atoms in total. The lowest BCUT2D eigenvalue weighted by Gasteiger charge is -2.09. The van der Waals surface area contributed by atoms with E-state index in [0.29, 0.717) is 12.0 Å². The third-order valence-corrected chi connectivity index (χ3v) is 4.28. The molecule has 0 aliphatic carbocycles. The second kappa shape index (κ2) is 10.8. The van der Waals surface area contributed by atoms with Gasteiger partial charge in [0.2, 0.25) is 0 Å². The van der Waals surface area contributed by atoms with Gasteiger partial charge in [-0.05, 0) is 57.4 Å². The van der Waals surface area contributed by atoms with Gasteiger partial charge >= 0.3 is 0 Å². The first-order valence-corrected chi connectivity index (χ1v) is 10.0. The highest BCUT2D eigenvalue weighted by Gasteiger charge is 2.10. The molecule has 2 aromatic rings. The zero-order valence-electron chi connectivity index (χ0n) is 16.0. The molecule has 1 aromatic carbocycles. The number of aliphatic hydroxyl groups excluding tert-OH is 1. The number of nitrogens with zero attached hydrogens (tertiary/aromatic N) is 1. The summed E-state index contributed by atoms with van der Waals surface area (Å²) in [6.45, 7) is 7.36. The van der Waals surface area contributed by atoms with Crippen LogP contribution in [0.4, 0.5) is 0 Å². The first-order valence-electron chi connectivity index (χ1n) is 8.59. The molecule has 0 aliphatic rings. The number of benzene rings is 1. The Kier molecular flexibility index (Phi) is 9.14. The summed E-state index contributed by atoms with van der Waals surface area (Å²) in [5.41, 5.74) is 1.54. The van der Waals surface area contributed by atoms with Crippen LogP contribution in [-0.4, -0.2) is 35.3 Å². The lowest BCUT2D eigenvalue weighted by Crippen LogP contribution is -2.05. The Labute approximate surface area is 161 Å². The topological polar surface area (TPSA) is 96.7 Å². The molecule has 0 aliphatic heterocycles. The Morgan fingerprint density at radius 3 is 2.37 bits per heavy atom. The molecule has 1 atom stereocenters. The summed E-state index contributed by atoms with van der Waals surface area (Å²) in [6.07, 6.45) is 7.83. The minimum atomic E-state index is -4.03. The van der Waals surface area contributed by atoms with E-state index in [0.717, 1.165) is 11.3 Å². The van der Waals surface area contributed by atoms with Crippen LogP contribution in [0.1, 0.15) is 38.3 Å². The Hall–Kier alpha value is -2.22. The van der Waals surface area contributed by atoms with Gasteiger partial charge in [-0.1, -0.05) is 30.4 Å². The highest BCUT2D eigenvalue weighted by molar-refractivity contribution is 7.85. The number of aryl methyl sites for hydroxylation is 1. The van der Waals surface area contributed by atoms with Crippen LogP contribution in [0.15, 0.2) is 53.7 Å². The maximum atomic E-state index is 10.6. The molecular formula is C20H27NO5S. The molecule has 7 heteroatoms. The predicted octanol–water partition coefficient (Wildman–Crippen LogP) is 3.89. The van der Waals surface area contributed by atoms with E-state index in [1.165, 1.54) is 6.07 Å². The number of aliphatic hydroxyl groups is 1. The molecule has 0 unspecified atom stereocenters.